The van der Waals surface area contributed by atoms with Crippen molar-refractivity contribution in [2.75, 3.05) is 37.4 Å². The van der Waals surface area contributed by atoms with Crippen LogP contribution in [0.5, 0.6) is 5.75 Å². The summed E-state index contributed by atoms with van der Waals surface area (Å²) in [5.41, 5.74) is 1.25. The fourth-order valence-corrected chi connectivity index (χ4v) is 4.83. The van der Waals surface area contributed by atoms with Crippen LogP contribution >= 0.6 is 11.6 Å². The van der Waals surface area contributed by atoms with Gasteiger partial charge in [0.1, 0.15) is 10.8 Å². The van der Waals surface area contributed by atoms with Gasteiger partial charge in [0.15, 0.2) is 5.82 Å². The Morgan fingerprint density at radius 1 is 1.15 bits per heavy atom. The number of hydrogen-bond acceptors (Lipinski definition) is 7. The maximum absolute atomic E-state index is 12.8. The minimum Gasteiger partial charge on any atom is -0.495 e. The zero-order chi connectivity index (χ0) is 23.9. The Balaban J connectivity index is 1.41. The first kappa shape index (κ1) is 24.5. The third-order valence-electron chi connectivity index (χ3n) is 6.77. The average Bonchev–Trinajstić information content (AvgIpc) is 2.87. The van der Waals surface area contributed by atoms with Crippen molar-refractivity contribution in [3.05, 3.63) is 35.0 Å². The molecule has 3 N–H and O–H groups in total. The quantitative estimate of drug-likeness (QED) is 0.491. The number of methoxy groups -OCH3 is 1. The molecule has 0 radical (unpaired) electrons. The van der Waals surface area contributed by atoms with E-state index < -0.39 is 0 Å². The van der Waals surface area contributed by atoms with Crippen molar-refractivity contribution in [1.82, 2.24) is 20.2 Å². The highest BCUT2D eigenvalue weighted by Crippen LogP contribution is 2.30. The van der Waals surface area contributed by atoms with E-state index >= 15 is 0 Å². The van der Waals surface area contributed by atoms with Crippen LogP contribution in [0.25, 0.3) is 0 Å². The minimum absolute atomic E-state index is 0.0819. The number of rotatable bonds is 8. The molecule has 9 heteroatoms. The van der Waals surface area contributed by atoms with Crippen LogP contribution in [0, 0.1) is 0 Å². The standard InChI is InChI=1S/C25H35ClN6O2/c1-3-32-13-11-19(12-14-32)29-24(33)17-9-10-21(22(15-17)34-2)30-25-27-16-20(26)23(31-25)28-18-7-5-4-6-8-18/h9-10,15-16,18-19H,3-8,11-14H2,1-2H3,(H,29,33)(H2,27,28,30,31). The number of likely N-dealkylation sites (tertiary alicyclic amines) is 1. The van der Waals surface area contributed by atoms with Crippen molar-refractivity contribution in [2.24, 2.45) is 0 Å². The summed E-state index contributed by atoms with van der Waals surface area (Å²) in [5, 5.41) is 10.3. The lowest BCUT2D eigenvalue weighted by Crippen LogP contribution is -2.44. The Morgan fingerprint density at radius 2 is 1.91 bits per heavy atom. The van der Waals surface area contributed by atoms with Crippen LogP contribution in [-0.4, -0.2) is 59.6 Å². The normalized spacial score (nSPS) is 17.9. The molecule has 1 aliphatic carbocycles. The maximum Gasteiger partial charge on any atom is 0.251 e. The minimum atomic E-state index is -0.0819. The molecule has 2 aliphatic rings. The van der Waals surface area contributed by atoms with Crippen LogP contribution in [0.2, 0.25) is 5.02 Å². The molecule has 184 valence electrons. The number of benzene rings is 1. The number of aromatic nitrogens is 2. The second kappa shape index (κ2) is 11.7. The monoisotopic (exact) mass is 486 g/mol. The first-order chi connectivity index (χ1) is 16.6. The van der Waals surface area contributed by atoms with E-state index in [0.717, 1.165) is 45.3 Å². The zero-order valence-electron chi connectivity index (χ0n) is 20.1. The molecule has 1 aromatic heterocycles. The summed E-state index contributed by atoms with van der Waals surface area (Å²) in [6.07, 6.45) is 9.52. The summed E-state index contributed by atoms with van der Waals surface area (Å²) in [4.78, 5) is 24.1. The van der Waals surface area contributed by atoms with Crippen molar-refractivity contribution in [3.63, 3.8) is 0 Å². The lowest BCUT2D eigenvalue weighted by atomic mass is 9.95. The summed E-state index contributed by atoms with van der Waals surface area (Å²) in [6, 6.07) is 5.95. The van der Waals surface area contributed by atoms with Gasteiger partial charge < -0.3 is 25.6 Å². The molecule has 2 heterocycles. The molecule has 1 saturated heterocycles. The molecule has 1 aliphatic heterocycles. The fraction of sp³-hybridized carbons (Fsp3) is 0.560. The number of nitrogens with one attached hydrogen (secondary N) is 3. The molecule has 0 spiro atoms. The molecule has 2 aromatic rings. The van der Waals surface area contributed by atoms with E-state index in [-0.39, 0.29) is 11.9 Å². The van der Waals surface area contributed by atoms with E-state index in [2.05, 4.69) is 37.7 Å². The van der Waals surface area contributed by atoms with Crippen LogP contribution in [0.3, 0.4) is 0 Å². The lowest BCUT2D eigenvalue weighted by molar-refractivity contribution is 0.0912. The number of carbonyl (C=O) groups is 1. The third kappa shape index (κ3) is 6.30. The molecule has 1 aromatic carbocycles. The maximum atomic E-state index is 12.8. The van der Waals surface area contributed by atoms with E-state index in [4.69, 9.17) is 16.3 Å². The molecular weight excluding hydrogens is 452 g/mol. The highest BCUT2D eigenvalue weighted by molar-refractivity contribution is 6.32. The number of hydrogen-bond donors (Lipinski definition) is 3. The molecule has 2 fully saturated rings. The Hall–Kier alpha value is -2.58. The Bertz CT molecular complexity index is 974. The summed E-state index contributed by atoms with van der Waals surface area (Å²) in [7, 11) is 1.58. The summed E-state index contributed by atoms with van der Waals surface area (Å²) in [6.45, 7) is 5.27. The fourth-order valence-electron chi connectivity index (χ4n) is 4.69. The van der Waals surface area contributed by atoms with Gasteiger partial charge in [-0.3, -0.25) is 4.79 Å². The van der Waals surface area contributed by atoms with Gasteiger partial charge in [0.2, 0.25) is 5.95 Å². The summed E-state index contributed by atoms with van der Waals surface area (Å²) >= 11 is 6.34. The molecule has 0 bridgehead atoms. The van der Waals surface area contributed by atoms with Crippen LogP contribution in [0.1, 0.15) is 62.2 Å². The van der Waals surface area contributed by atoms with Crippen molar-refractivity contribution in [2.45, 2.75) is 64.0 Å². The van der Waals surface area contributed by atoms with E-state index in [1.807, 2.05) is 6.07 Å². The highest BCUT2D eigenvalue weighted by Gasteiger charge is 2.21. The van der Waals surface area contributed by atoms with E-state index in [1.54, 1.807) is 25.4 Å². The molecular formula is C25H35ClN6O2. The van der Waals surface area contributed by atoms with Crippen LogP contribution < -0.4 is 20.7 Å². The summed E-state index contributed by atoms with van der Waals surface area (Å²) < 4.78 is 5.56. The summed E-state index contributed by atoms with van der Waals surface area (Å²) in [5.74, 6) is 1.52. The second-order valence-corrected chi connectivity index (χ2v) is 9.50. The van der Waals surface area contributed by atoms with Crippen molar-refractivity contribution >= 4 is 35.0 Å². The van der Waals surface area contributed by atoms with Gasteiger partial charge in [-0.1, -0.05) is 37.8 Å². The lowest BCUT2D eigenvalue weighted by Gasteiger charge is -2.31. The number of amides is 1. The number of carbonyl (C=O) groups excluding carboxylic acids is 1. The molecule has 1 saturated carbocycles. The van der Waals surface area contributed by atoms with Gasteiger partial charge in [-0.15, -0.1) is 0 Å². The second-order valence-electron chi connectivity index (χ2n) is 9.09. The van der Waals surface area contributed by atoms with Crippen molar-refractivity contribution in [3.8, 4) is 5.75 Å². The van der Waals surface area contributed by atoms with Gasteiger partial charge in [0, 0.05) is 30.7 Å². The number of halogens is 1. The van der Waals surface area contributed by atoms with Crippen LogP contribution in [-0.2, 0) is 0 Å². The van der Waals surface area contributed by atoms with Crippen LogP contribution in [0.4, 0.5) is 17.5 Å². The first-order valence-electron chi connectivity index (χ1n) is 12.3. The predicted octanol–water partition coefficient (Wildman–Crippen LogP) is 4.84. The molecule has 8 nitrogen and oxygen atoms in total. The molecule has 34 heavy (non-hydrogen) atoms. The Kier molecular flexibility index (Phi) is 8.45. The highest BCUT2D eigenvalue weighted by atomic mass is 35.5. The van der Waals surface area contributed by atoms with E-state index in [9.17, 15) is 4.79 Å². The van der Waals surface area contributed by atoms with E-state index in [1.165, 1.54) is 19.3 Å². The third-order valence-corrected chi connectivity index (χ3v) is 7.05. The van der Waals surface area contributed by atoms with Gasteiger partial charge in [-0.25, -0.2) is 4.98 Å². The number of anilines is 3. The van der Waals surface area contributed by atoms with Gasteiger partial charge in [0.25, 0.3) is 5.91 Å². The zero-order valence-corrected chi connectivity index (χ0v) is 20.8. The molecule has 4 rings (SSSR count). The topological polar surface area (TPSA) is 91.4 Å². The van der Waals surface area contributed by atoms with Crippen LogP contribution in [0.15, 0.2) is 24.4 Å². The van der Waals surface area contributed by atoms with Gasteiger partial charge in [-0.05, 0) is 50.4 Å². The molecule has 0 atom stereocenters. The predicted molar refractivity (Wildman–Crippen MR) is 136 cm³/mol. The largest absolute Gasteiger partial charge is 0.495 e. The number of ether oxygens (including phenoxy) is 1. The van der Waals surface area contributed by atoms with Gasteiger partial charge >= 0.3 is 0 Å². The van der Waals surface area contributed by atoms with Crippen molar-refractivity contribution < 1.29 is 9.53 Å². The smallest absolute Gasteiger partial charge is 0.251 e. The van der Waals surface area contributed by atoms with Crippen molar-refractivity contribution in [1.29, 1.82) is 0 Å². The molecule has 1 amide bonds. The Labute approximate surface area is 206 Å². The van der Waals surface area contributed by atoms with Gasteiger partial charge in [0.05, 0.1) is 19.0 Å². The average molecular weight is 487 g/mol. The SMILES string of the molecule is CCN1CCC(NC(=O)c2ccc(Nc3ncc(Cl)c(NC4CCCCC4)n3)c(OC)c2)CC1. The number of nitrogens with zero attached hydrogens (tertiary/aromatic N) is 3. The van der Waals surface area contributed by atoms with E-state index in [0.29, 0.717) is 39.8 Å². The molecule has 0 unspecified atom stereocenters. The number of piperidine rings is 1. The van der Waals surface area contributed by atoms with Gasteiger partial charge in [-0.2, -0.15) is 4.98 Å². The Morgan fingerprint density at radius 3 is 2.62 bits per heavy atom. The first-order valence-corrected chi connectivity index (χ1v) is 12.7.